The van der Waals surface area contributed by atoms with Crippen LogP contribution in [0.4, 0.5) is 0 Å². The third kappa shape index (κ3) is 8.75. The van der Waals surface area contributed by atoms with Gasteiger partial charge in [-0.3, -0.25) is 10.1 Å². The molecule has 1 aromatic carbocycles. The summed E-state index contributed by atoms with van der Waals surface area (Å²) in [5.74, 6) is -6.71. The molecule has 1 aliphatic carbocycles. The molecule has 2 aromatic rings. The third-order valence-corrected chi connectivity index (χ3v) is 13.9. The van der Waals surface area contributed by atoms with Crippen LogP contribution in [-0.4, -0.2) is 175 Å². The van der Waals surface area contributed by atoms with Gasteiger partial charge in [0.15, 0.2) is 12.6 Å². The van der Waals surface area contributed by atoms with E-state index in [1.807, 2.05) is 24.3 Å². The number of para-hydroxylation sites is 1. The number of ether oxygens (including phenoxy) is 8. The number of fused-ring (bicyclic) bond motifs is 4. The lowest BCUT2D eigenvalue weighted by Gasteiger charge is -2.43. The van der Waals surface area contributed by atoms with Crippen molar-refractivity contribution >= 4 is 28.8 Å². The number of methoxy groups -OCH3 is 1. The molecule has 362 valence electrons. The van der Waals surface area contributed by atoms with Crippen molar-refractivity contribution in [3.8, 4) is 0 Å². The fraction of sp³-hybridized carbons (Fsp3) is 0.614. The predicted octanol–water partition coefficient (Wildman–Crippen LogP) is -1.91. The van der Waals surface area contributed by atoms with Crippen molar-refractivity contribution in [2.24, 2.45) is 29.6 Å². The summed E-state index contributed by atoms with van der Waals surface area (Å²) >= 11 is 0. The normalized spacial score (nSPS) is 41.0. The molecule has 1 aromatic heterocycles. The quantitative estimate of drug-likeness (QED) is 0.0771. The molecule has 11 N–H and O–H groups in total. The van der Waals surface area contributed by atoms with Gasteiger partial charge < -0.3 is 88.8 Å². The van der Waals surface area contributed by atoms with Crippen molar-refractivity contribution in [1.82, 2.24) is 10.3 Å². The molecular weight excluding hydrogens is 876 g/mol. The summed E-state index contributed by atoms with van der Waals surface area (Å²) in [6.07, 6.45) is -15.9. The van der Waals surface area contributed by atoms with Gasteiger partial charge in [-0.15, -0.1) is 6.58 Å². The van der Waals surface area contributed by atoms with E-state index in [4.69, 9.17) is 37.9 Å². The number of benzene rings is 1. The van der Waals surface area contributed by atoms with Crippen molar-refractivity contribution in [2.45, 2.75) is 118 Å². The van der Waals surface area contributed by atoms with E-state index in [9.17, 15) is 60.3 Å². The molecule has 2 saturated heterocycles. The molecule has 0 amide bonds. The Kier molecular flexibility index (Phi) is 14.2. The number of aliphatic hydroxyl groups is 8. The number of carbonyl (C=O) groups excluding carboxylic acids is 2. The lowest BCUT2D eigenvalue weighted by Crippen LogP contribution is -2.60. The van der Waals surface area contributed by atoms with Gasteiger partial charge in [-0.25, -0.2) is 9.59 Å². The number of aromatic amines is 1. The monoisotopic (exact) mass is 932 g/mol. The third-order valence-electron chi connectivity index (χ3n) is 13.9. The number of aliphatic carboxylic acids is 1. The van der Waals surface area contributed by atoms with E-state index in [1.165, 1.54) is 13.2 Å². The zero-order chi connectivity index (χ0) is 47.3. The van der Waals surface area contributed by atoms with Crippen LogP contribution in [0.5, 0.6) is 0 Å². The van der Waals surface area contributed by atoms with Crippen LogP contribution in [-0.2, 0) is 58.7 Å². The van der Waals surface area contributed by atoms with Gasteiger partial charge in [0.1, 0.15) is 61.0 Å². The Labute approximate surface area is 376 Å². The Hall–Kier alpha value is -4.53. The Morgan fingerprint density at radius 3 is 2.03 bits per heavy atom. The maximum absolute atomic E-state index is 14.7. The Bertz CT molecular complexity index is 2180. The van der Waals surface area contributed by atoms with Gasteiger partial charge in [0.25, 0.3) is 0 Å². The van der Waals surface area contributed by atoms with Crippen LogP contribution in [0.25, 0.3) is 10.9 Å². The van der Waals surface area contributed by atoms with Gasteiger partial charge in [-0.2, -0.15) is 0 Å². The van der Waals surface area contributed by atoms with Gasteiger partial charge in [0, 0.05) is 58.6 Å². The summed E-state index contributed by atoms with van der Waals surface area (Å²) in [5.41, 5.74) is 2.29. The minimum atomic E-state index is -1.80. The number of hydrogen-bond acceptors (Lipinski definition) is 20. The highest BCUT2D eigenvalue weighted by Gasteiger charge is 2.56. The first-order valence-electron chi connectivity index (χ1n) is 21.7. The van der Waals surface area contributed by atoms with E-state index in [0.29, 0.717) is 5.69 Å². The maximum Gasteiger partial charge on any atom is 0.337 e. The van der Waals surface area contributed by atoms with Crippen LogP contribution in [0.2, 0.25) is 0 Å². The number of aliphatic hydroxyl groups excluding tert-OH is 8. The lowest BCUT2D eigenvalue weighted by molar-refractivity contribution is -0.342. The molecule has 22 nitrogen and oxygen atoms in total. The second-order valence-electron chi connectivity index (χ2n) is 17.6. The van der Waals surface area contributed by atoms with Crippen LogP contribution in [0.15, 0.2) is 60.6 Å². The van der Waals surface area contributed by atoms with Crippen LogP contribution in [0, 0.1) is 29.6 Å². The highest BCUT2D eigenvalue weighted by Crippen LogP contribution is 2.50. The van der Waals surface area contributed by atoms with Crippen molar-refractivity contribution < 1.29 is 98.2 Å². The van der Waals surface area contributed by atoms with Crippen LogP contribution in [0.1, 0.15) is 37.1 Å². The molecule has 22 heteroatoms. The smallest absolute Gasteiger partial charge is 0.337 e. The average molecular weight is 933 g/mol. The Balaban J connectivity index is 1.10. The minimum Gasteiger partial charge on any atom is -0.480 e. The van der Waals surface area contributed by atoms with Gasteiger partial charge in [-0.1, -0.05) is 31.2 Å². The number of carbonyl (C=O) groups is 3. The number of carboxylic acids is 1. The fourth-order valence-electron chi connectivity index (χ4n) is 10.3. The molecule has 0 radical (unpaired) electrons. The van der Waals surface area contributed by atoms with Crippen molar-refractivity contribution in [1.29, 1.82) is 0 Å². The van der Waals surface area contributed by atoms with Gasteiger partial charge in [0.05, 0.1) is 44.0 Å². The number of carboxylic acid groups (broad SMARTS) is 1. The van der Waals surface area contributed by atoms with E-state index in [0.717, 1.165) is 29.0 Å². The molecule has 0 spiro atoms. The van der Waals surface area contributed by atoms with Gasteiger partial charge >= 0.3 is 17.9 Å². The van der Waals surface area contributed by atoms with E-state index >= 15 is 0 Å². The molecule has 0 unspecified atom stereocenters. The van der Waals surface area contributed by atoms with Crippen molar-refractivity contribution in [3.05, 3.63) is 71.8 Å². The molecule has 20 atom stereocenters. The average Bonchev–Trinajstić information content (AvgIpc) is 3.86. The predicted molar refractivity (Wildman–Crippen MR) is 219 cm³/mol. The highest BCUT2D eigenvalue weighted by atomic mass is 16.8. The van der Waals surface area contributed by atoms with Gasteiger partial charge in [-0.05, 0) is 24.5 Å². The SMILES string of the molecule is C=C[C@H]1[C@H](O[C@@H]2O[C@H](CO)[C@@H](O)[C@H](O)[C@H]2O)OC=C(C(=O)O[C@H]2C[C@@H]3C(C(=O)OC)=CO[C@@H](O[C@@H]4O[C@H](CO)[C@@H](O)[C@H](O)[C@H]4O)[C@@H]3[C@H]2C)[C@H]1C[C@H]1N[C@H](C(=O)O)Cc2c1[nH]c1ccccc21. The largest absolute Gasteiger partial charge is 0.480 e. The topological polar surface area (TPSA) is 335 Å². The molecular formula is C44H56N2O20. The standard InChI is InChI=1S/C44H56N2O20/c1-4-17-19(9-25-31-21(10-26(45-25)38(55)56)18-7-5-6-8-24(18)46-31)22(14-60-41(17)65-43-36(53)34(51)32(49)28(12-47)63-43)40(58)62-27-11-20-23(39(57)59-3)15-61-42(30(20)16(27)2)66-44-37(54)35(52)33(50)29(13-48)64-44/h4-8,14-17,19-20,25-30,32-37,41-54H,1,9-13H2,2-3H3,(H,55,56)/t16-,17+,19-,20+,25+,26-,27-,28+,29+,30+,32+,33+,34-,35-,36+,37+,41-,42-,43-,44-/m0/s1. The first kappa shape index (κ1) is 47.9. The first-order valence-corrected chi connectivity index (χ1v) is 21.7. The lowest BCUT2D eigenvalue weighted by atomic mass is 9.77. The number of esters is 2. The molecule has 6 aliphatic rings. The number of nitrogens with one attached hydrogen (secondary N) is 2. The summed E-state index contributed by atoms with van der Waals surface area (Å²) < 4.78 is 46.5. The van der Waals surface area contributed by atoms with Gasteiger partial charge in [0.2, 0.25) is 12.6 Å². The van der Waals surface area contributed by atoms with E-state index < -0.39 is 153 Å². The summed E-state index contributed by atoms with van der Waals surface area (Å²) in [6.45, 7) is 4.29. The summed E-state index contributed by atoms with van der Waals surface area (Å²) in [4.78, 5) is 43.8. The molecule has 0 bridgehead atoms. The summed E-state index contributed by atoms with van der Waals surface area (Å²) in [5, 5.41) is 97.2. The van der Waals surface area contributed by atoms with Crippen LogP contribution >= 0.6 is 0 Å². The summed E-state index contributed by atoms with van der Waals surface area (Å²) in [7, 11) is 1.18. The number of aromatic nitrogens is 1. The minimum absolute atomic E-state index is 0.0165. The second kappa shape index (κ2) is 19.6. The maximum atomic E-state index is 14.7. The van der Waals surface area contributed by atoms with Crippen molar-refractivity contribution in [2.75, 3.05) is 20.3 Å². The molecule has 5 aliphatic heterocycles. The van der Waals surface area contributed by atoms with Crippen LogP contribution in [0.3, 0.4) is 0 Å². The molecule has 6 heterocycles. The number of H-pyrrole nitrogens is 1. The molecule has 1 saturated carbocycles. The van der Waals surface area contributed by atoms with Crippen LogP contribution < -0.4 is 5.32 Å². The Morgan fingerprint density at radius 1 is 0.818 bits per heavy atom. The number of hydrogen-bond donors (Lipinski definition) is 11. The first-order chi connectivity index (χ1) is 31.6. The highest BCUT2D eigenvalue weighted by molar-refractivity contribution is 5.90. The number of rotatable bonds is 13. The van der Waals surface area contributed by atoms with Crippen molar-refractivity contribution in [3.63, 3.8) is 0 Å². The molecule has 3 fully saturated rings. The second-order valence-corrected chi connectivity index (χ2v) is 17.6. The zero-order valence-electron chi connectivity index (χ0n) is 35.8. The van der Waals surface area contributed by atoms with E-state index in [-0.39, 0.29) is 30.4 Å². The summed E-state index contributed by atoms with van der Waals surface area (Å²) in [6, 6.07) is 5.67. The fourth-order valence-corrected chi connectivity index (χ4v) is 10.3. The molecule has 8 rings (SSSR count). The Morgan fingerprint density at radius 2 is 1.42 bits per heavy atom. The van der Waals surface area contributed by atoms with E-state index in [1.54, 1.807) is 6.92 Å². The van der Waals surface area contributed by atoms with E-state index in [2.05, 4.69) is 16.9 Å². The molecule has 66 heavy (non-hydrogen) atoms. The zero-order valence-corrected chi connectivity index (χ0v) is 35.8.